The third-order valence-electron chi connectivity index (χ3n) is 3.73. The van der Waals surface area contributed by atoms with Crippen molar-refractivity contribution >= 4 is 23.3 Å². The maximum absolute atomic E-state index is 12.2. The van der Waals surface area contributed by atoms with E-state index in [4.69, 9.17) is 9.57 Å². The summed E-state index contributed by atoms with van der Waals surface area (Å²) in [6.45, 7) is 0. The minimum atomic E-state index is -0.503. The van der Waals surface area contributed by atoms with E-state index in [9.17, 15) is 9.59 Å². The van der Waals surface area contributed by atoms with Gasteiger partial charge in [0.2, 0.25) is 0 Å². The molecule has 0 bridgehead atoms. The molecule has 0 atom stereocenters. The Kier molecular flexibility index (Phi) is 6.10. The standard InChI is InChI=1S/C21H17N3O4/c1-27-19-10-6-5-9-18(19)20(25)23-22-16-11-13-17(14-12-16)24-28-21(26)15-7-3-2-4-8-15/h2-14,24H,1H3. The number of nitrogens with zero attached hydrogens (tertiary/aromatic N) is 2. The van der Waals surface area contributed by atoms with E-state index in [1.165, 1.54) is 7.11 Å². The van der Waals surface area contributed by atoms with E-state index in [0.29, 0.717) is 28.3 Å². The van der Waals surface area contributed by atoms with Gasteiger partial charge in [0.25, 0.3) is 5.91 Å². The van der Waals surface area contributed by atoms with Crippen molar-refractivity contribution in [1.29, 1.82) is 0 Å². The maximum Gasteiger partial charge on any atom is 0.362 e. The monoisotopic (exact) mass is 375 g/mol. The number of methoxy groups -OCH3 is 1. The number of benzene rings is 3. The highest BCUT2D eigenvalue weighted by atomic mass is 16.7. The average molecular weight is 375 g/mol. The number of nitrogens with one attached hydrogen (secondary N) is 1. The molecule has 3 aromatic rings. The number of carbonyl (C=O) groups is 2. The van der Waals surface area contributed by atoms with E-state index in [1.807, 2.05) is 6.07 Å². The van der Waals surface area contributed by atoms with Gasteiger partial charge in [-0.2, -0.15) is 0 Å². The highest BCUT2D eigenvalue weighted by Crippen LogP contribution is 2.21. The molecule has 1 N–H and O–H groups in total. The van der Waals surface area contributed by atoms with Gasteiger partial charge in [0.1, 0.15) is 5.75 Å². The van der Waals surface area contributed by atoms with E-state index < -0.39 is 11.9 Å². The summed E-state index contributed by atoms with van der Waals surface area (Å²) in [5.41, 5.74) is 4.37. The first-order valence-corrected chi connectivity index (χ1v) is 8.39. The van der Waals surface area contributed by atoms with Crippen LogP contribution in [0, 0.1) is 0 Å². The summed E-state index contributed by atoms with van der Waals surface area (Å²) in [5.74, 6) is -0.561. The van der Waals surface area contributed by atoms with Gasteiger partial charge in [0, 0.05) is 0 Å². The Morgan fingerprint density at radius 3 is 2.25 bits per heavy atom. The lowest BCUT2D eigenvalue weighted by Gasteiger charge is -2.06. The van der Waals surface area contributed by atoms with Crippen molar-refractivity contribution < 1.29 is 19.2 Å². The van der Waals surface area contributed by atoms with Gasteiger partial charge >= 0.3 is 5.97 Å². The summed E-state index contributed by atoms with van der Waals surface area (Å²) >= 11 is 0. The Labute approximate surface area is 161 Å². The molecule has 0 aliphatic carbocycles. The van der Waals surface area contributed by atoms with Crippen LogP contribution in [0.3, 0.4) is 0 Å². The van der Waals surface area contributed by atoms with Gasteiger partial charge in [-0.3, -0.25) is 4.79 Å². The number of carbonyl (C=O) groups excluding carboxylic acids is 2. The van der Waals surface area contributed by atoms with Crippen molar-refractivity contribution in [2.24, 2.45) is 10.2 Å². The van der Waals surface area contributed by atoms with Crippen molar-refractivity contribution in [3.8, 4) is 5.75 Å². The first-order valence-electron chi connectivity index (χ1n) is 8.39. The summed E-state index contributed by atoms with van der Waals surface area (Å²) in [4.78, 5) is 29.1. The molecule has 0 aromatic heterocycles. The van der Waals surface area contributed by atoms with Crippen LogP contribution >= 0.6 is 0 Å². The molecule has 0 aliphatic rings. The molecule has 0 spiro atoms. The first-order chi connectivity index (χ1) is 13.7. The van der Waals surface area contributed by atoms with Gasteiger partial charge in [0.15, 0.2) is 0 Å². The smallest absolute Gasteiger partial charge is 0.362 e. The number of ether oxygens (including phenoxy) is 1. The van der Waals surface area contributed by atoms with Gasteiger partial charge < -0.3 is 9.57 Å². The van der Waals surface area contributed by atoms with Crippen molar-refractivity contribution in [2.75, 3.05) is 12.6 Å². The normalized spacial score (nSPS) is 10.5. The van der Waals surface area contributed by atoms with Crippen LogP contribution in [-0.2, 0) is 4.84 Å². The Hall–Kier alpha value is -4.00. The van der Waals surface area contributed by atoms with E-state index in [2.05, 4.69) is 15.7 Å². The number of hydrogen-bond donors (Lipinski definition) is 1. The van der Waals surface area contributed by atoms with E-state index >= 15 is 0 Å². The summed E-state index contributed by atoms with van der Waals surface area (Å²) in [5, 5.41) is 7.64. The van der Waals surface area contributed by atoms with Gasteiger partial charge in [-0.25, -0.2) is 10.3 Å². The second-order valence-electron chi connectivity index (χ2n) is 5.61. The zero-order valence-corrected chi connectivity index (χ0v) is 15.0. The van der Waals surface area contributed by atoms with Crippen molar-refractivity contribution in [3.05, 3.63) is 90.0 Å². The van der Waals surface area contributed by atoms with Gasteiger partial charge in [-0.15, -0.1) is 10.2 Å². The van der Waals surface area contributed by atoms with Gasteiger partial charge in [0.05, 0.1) is 29.6 Å². The van der Waals surface area contributed by atoms with Crippen LogP contribution in [0.1, 0.15) is 20.7 Å². The average Bonchev–Trinajstić information content (AvgIpc) is 2.77. The Bertz CT molecular complexity index is 986. The summed E-state index contributed by atoms with van der Waals surface area (Å²) in [6, 6.07) is 22.0. The van der Waals surface area contributed by atoms with Crippen LogP contribution in [0.4, 0.5) is 11.4 Å². The van der Waals surface area contributed by atoms with Gasteiger partial charge in [-0.05, 0) is 48.5 Å². The van der Waals surface area contributed by atoms with Crippen LogP contribution in [0.5, 0.6) is 5.75 Å². The van der Waals surface area contributed by atoms with Crippen LogP contribution in [-0.4, -0.2) is 19.0 Å². The molecule has 0 saturated heterocycles. The molecule has 7 nitrogen and oxygen atoms in total. The lowest BCUT2D eigenvalue weighted by molar-refractivity contribution is 0.0596. The Morgan fingerprint density at radius 2 is 1.54 bits per heavy atom. The summed E-state index contributed by atoms with van der Waals surface area (Å²) in [7, 11) is 1.49. The quantitative estimate of drug-likeness (QED) is 0.494. The fraction of sp³-hybridized carbons (Fsp3) is 0.0476. The molecule has 0 aliphatic heterocycles. The number of amides is 1. The summed E-state index contributed by atoms with van der Waals surface area (Å²) in [6.07, 6.45) is 0. The molecule has 140 valence electrons. The van der Waals surface area contributed by atoms with Crippen LogP contribution < -0.4 is 10.2 Å². The molecule has 3 rings (SSSR count). The lowest BCUT2D eigenvalue weighted by Crippen LogP contribution is -2.10. The SMILES string of the molecule is COc1ccccc1C(=O)N=Nc1ccc(NOC(=O)c2ccccc2)cc1. The fourth-order valence-electron chi connectivity index (χ4n) is 2.31. The predicted octanol–water partition coefficient (Wildman–Crippen LogP) is 4.80. The number of hydrogen-bond acceptors (Lipinski definition) is 6. The highest BCUT2D eigenvalue weighted by molar-refractivity contribution is 5.97. The molecule has 3 aromatic carbocycles. The molecule has 1 amide bonds. The molecular formula is C21H17N3O4. The molecule has 0 unspecified atom stereocenters. The topological polar surface area (TPSA) is 89.3 Å². The molecule has 28 heavy (non-hydrogen) atoms. The number of anilines is 1. The summed E-state index contributed by atoms with van der Waals surface area (Å²) < 4.78 is 5.14. The number of rotatable bonds is 6. The Morgan fingerprint density at radius 1 is 0.857 bits per heavy atom. The second-order valence-corrected chi connectivity index (χ2v) is 5.61. The van der Waals surface area contributed by atoms with Crippen LogP contribution in [0.15, 0.2) is 89.1 Å². The lowest BCUT2D eigenvalue weighted by atomic mass is 10.2. The number of azo groups is 1. The third-order valence-corrected chi connectivity index (χ3v) is 3.73. The first kappa shape index (κ1) is 18.8. The zero-order valence-electron chi connectivity index (χ0n) is 15.0. The maximum atomic E-state index is 12.2. The van der Waals surface area contributed by atoms with E-state index in [0.717, 1.165) is 0 Å². The highest BCUT2D eigenvalue weighted by Gasteiger charge is 2.10. The Balaban J connectivity index is 1.59. The molecule has 7 heteroatoms. The molecule has 0 fully saturated rings. The molecule has 0 radical (unpaired) electrons. The molecule has 0 saturated carbocycles. The minimum absolute atomic E-state index is 0.333. The van der Waals surface area contributed by atoms with Crippen LogP contribution in [0.25, 0.3) is 0 Å². The molecular weight excluding hydrogens is 358 g/mol. The number of para-hydroxylation sites is 1. The largest absolute Gasteiger partial charge is 0.496 e. The predicted molar refractivity (Wildman–Crippen MR) is 104 cm³/mol. The van der Waals surface area contributed by atoms with E-state index in [-0.39, 0.29) is 0 Å². The molecule has 0 heterocycles. The fourth-order valence-corrected chi connectivity index (χ4v) is 2.31. The minimum Gasteiger partial charge on any atom is -0.496 e. The second kappa shape index (κ2) is 9.09. The van der Waals surface area contributed by atoms with Crippen LogP contribution in [0.2, 0.25) is 0 Å². The van der Waals surface area contributed by atoms with Crippen molar-refractivity contribution in [3.63, 3.8) is 0 Å². The van der Waals surface area contributed by atoms with E-state index in [1.54, 1.807) is 72.8 Å². The van der Waals surface area contributed by atoms with Crippen molar-refractivity contribution in [1.82, 2.24) is 0 Å². The third kappa shape index (κ3) is 4.79. The van der Waals surface area contributed by atoms with Gasteiger partial charge in [-0.1, -0.05) is 30.3 Å². The zero-order chi connectivity index (χ0) is 19.8. The van der Waals surface area contributed by atoms with Crippen molar-refractivity contribution in [2.45, 2.75) is 0 Å².